The minimum atomic E-state index is -3.13. The summed E-state index contributed by atoms with van der Waals surface area (Å²) in [6.07, 6.45) is 3.24. The van der Waals surface area contributed by atoms with Crippen LogP contribution in [0.2, 0.25) is 0 Å². The van der Waals surface area contributed by atoms with Crippen molar-refractivity contribution in [3.63, 3.8) is 0 Å². The molecule has 7 nitrogen and oxygen atoms in total. The molecule has 116 valence electrons. The molecule has 0 bridgehead atoms. The molecule has 0 unspecified atom stereocenters. The number of ether oxygens (including phenoxy) is 1. The Labute approximate surface area is 118 Å². The fraction of sp³-hybridized carbons (Fsp3) is 0.833. The van der Waals surface area contributed by atoms with Gasteiger partial charge in [0.15, 0.2) is 9.84 Å². The fourth-order valence-electron chi connectivity index (χ4n) is 2.18. The summed E-state index contributed by atoms with van der Waals surface area (Å²) in [5, 5.41) is 11.4. The number of amides is 1. The summed E-state index contributed by atoms with van der Waals surface area (Å²) in [7, 11) is -3.13. The average molecular weight is 307 g/mol. The quantitative estimate of drug-likeness (QED) is 0.745. The summed E-state index contributed by atoms with van der Waals surface area (Å²) in [6.45, 7) is 0.278. The summed E-state index contributed by atoms with van der Waals surface area (Å²) in [4.78, 5) is 22.1. The normalized spacial score (nSPS) is 23.1. The Kier molecular flexibility index (Phi) is 6.25. The molecule has 8 heteroatoms. The van der Waals surface area contributed by atoms with E-state index < -0.39 is 21.9 Å². The van der Waals surface area contributed by atoms with Crippen LogP contribution >= 0.6 is 0 Å². The van der Waals surface area contributed by atoms with E-state index in [1.165, 1.54) is 0 Å². The number of nitrogens with one attached hydrogen (secondary N) is 1. The Bertz CT molecular complexity index is 439. The summed E-state index contributed by atoms with van der Waals surface area (Å²) in [6, 6.07) is 0. The maximum Gasteiger partial charge on any atom is 0.407 e. The van der Waals surface area contributed by atoms with E-state index in [9.17, 15) is 18.0 Å². The highest BCUT2D eigenvalue weighted by Gasteiger charge is 2.26. The lowest BCUT2D eigenvalue weighted by Gasteiger charge is -2.25. The van der Waals surface area contributed by atoms with Crippen molar-refractivity contribution in [1.82, 2.24) is 5.32 Å². The monoisotopic (exact) mass is 307 g/mol. The zero-order chi connectivity index (χ0) is 15.2. The summed E-state index contributed by atoms with van der Waals surface area (Å²) < 4.78 is 26.4. The third-order valence-electron chi connectivity index (χ3n) is 3.42. The van der Waals surface area contributed by atoms with E-state index in [-0.39, 0.29) is 24.2 Å². The van der Waals surface area contributed by atoms with E-state index in [1.807, 2.05) is 0 Å². The molecule has 0 aliphatic heterocycles. The van der Waals surface area contributed by atoms with Gasteiger partial charge in [0.2, 0.25) is 0 Å². The molecule has 0 atom stereocenters. The standard InChI is InChI=1S/C12H21NO6S/c1-20(17,18)7-6-19-12(16)13-8-9-2-4-10(5-3-9)11(14)15/h9-10H,2-8H2,1H3,(H,13,16)(H,14,15)/t9-,10-. The van der Waals surface area contributed by atoms with Crippen molar-refractivity contribution in [2.75, 3.05) is 25.2 Å². The average Bonchev–Trinajstić information content (AvgIpc) is 2.35. The van der Waals surface area contributed by atoms with E-state index in [4.69, 9.17) is 9.84 Å². The molecule has 1 amide bonds. The molecule has 1 aliphatic rings. The van der Waals surface area contributed by atoms with E-state index in [2.05, 4.69) is 5.32 Å². The van der Waals surface area contributed by atoms with Crippen LogP contribution in [0.1, 0.15) is 25.7 Å². The van der Waals surface area contributed by atoms with Gasteiger partial charge >= 0.3 is 12.1 Å². The van der Waals surface area contributed by atoms with Gasteiger partial charge in [-0.15, -0.1) is 0 Å². The number of carboxylic acid groups (broad SMARTS) is 1. The lowest BCUT2D eigenvalue weighted by Crippen LogP contribution is -2.33. The Morgan fingerprint density at radius 1 is 1.25 bits per heavy atom. The molecule has 0 aromatic rings. The minimum absolute atomic E-state index is 0.156. The van der Waals surface area contributed by atoms with E-state index in [0.29, 0.717) is 19.4 Å². The van der Waals surface area contributed by atoms with Gasteiger partial charge in [-0.1, -0.05) is 0 Å². The number of carbonyl (C=O) groups excluding carboxylic acids is 1. The predicted octanol–water partition coefficient (Wildman–Crippen LogP) is 0.648. The topological polar surface area (TPSA) is 110 Å². The van der Waals surface area contributed by atoms with Crippen LogP contribution in [-0.4, -0.2) is 50.7 Å². The van der Waals surface area contributed by atoms with Gasteiger partial charge in [0.25, 0.3) is 0 Å². The highest BCUT2D eigenvalue weighted by Crippen LogP contribution is 2.28. The van der Waals surface area contributed by atoms with Crippen LogP contribution < -0.4 is 5.32 Å². The van der Waals surface area contributed by atoms with Gasteiger partial charge in [-0.05, 0) is 31.6 Å². The first-order valence-electron chi connectivity index (χ1n) is 6.59. The Morgan fingerprint density at radius 3 is 2.35 bits per heavy atom. The van der Waals surface area contributed by atoms with Gasteiger partial charge in [-0.2, -0.15) is 0 Å². The zero-order valence-corrected chi connectivity index (χ0v) is 12.3. The SMILES string of the molecule is CS(=O)(=O)CCOC(=O)NC[C@H]1CC[C@H](C(=O)O)CC1. The van der Waals surface area contributed by atoms with Crippen molar-refractivity contribution < 1.29 is 27.9 Å². The minimum Gasteiger partial charge on any atom is -0.481 e. The number of hydrogen-bond acceptors (Lipinski definition) is 5. The second-order valence-corrected chi connectivity index (χ2v) is 7.46. The van der Waals surface area contributed by atoms with Crippen molar-refractivity contribution in [3.8, 4) is 0 Å². The van der Waals surface area contributed by atoms with Crippen molar-refractivity contribution >= 4 is 21.9 Å². The van der Waals surface area contributed by atoms with Crippen LogP contribution in [0.5, 0.6) is 0 Å². The van der Waals surface area contributed by atoms with Gasteiger partial charge in [0.1, 0.15) is 6.61 Å². The van der Waals surface area contributed by atoms with Crippen LogP contribution in [-0.2, 0) is 19.4 Å². The van der Waals surface area contributed by atoms with Gasteiger partial charge in [-0.25, -0.2) is 13.2 Å². The van der Waals surface area contributed by atoms with Crippen molar-refractivity contribution in [2.45, 2.75) is 25.7 Å². The highest BCUT2D eigenvalue weighted by atomic mass is 32.2. The third kappa shape index (κ3) is 6.74. The maximum atomic E-state index is 11.3. The zero-order valence-electron chi connectivity index (χ0n) is 11.5. The fourth-order valence-corrected chi connectivity index (χ4v) is 2.56. The molecule has 0 spiro atoms. The number of alkyl carbamates (subject to hydrolysis) is 1. The molecule has 1 rings (SSSR count). The number of carbonyl (C=O) groups is 2. The lowest BCUT2D eigenvalue weighted by molar-refractivity contribution is -0.143. The van der Waals surface area contributed by atoms with Crippen LogP contribution in [0.25, 0.3) is 0 Å². The highest BCUT2D eigenvalue weighted by molar-refractivity contribution is 7.90. The lowest BCUT2D eigenvalue weighted by atomic mass is 9.82. The Hall–Kier alpha value is -1.31. The molecule has 1 aliphatic carbocycles. The molecule has 1 fully saturated rings. The van der Waals surface area contributed by atoms with Gasteiger partial charge in [0.05, 0.1) is 11.7 Å². The molecule has 1 saturated carbocycles. The third-order valence-corrected chi connectivity index (χ3v) is 4.33. The number of aliphatic carboxylic acids is 1. The molecular formula is C12H21NO6S. The number of rotatable bonds is 6. The molecule has 2 N–H and O–H groups in total. The maximum absolute atomic E-state index is 11.3. The first kappa shape index (κ1) is 16.7. The largest absolute Gasteiger partial charge is 0.481 e. The Morgan fingerprint density at radius 2 is 1.85 bits per heavy atom. The van der Waals surface area contributed by atoms with Crippen LogP contribution in [0.15, 0.2) is 0 Å². The van der Waals surface area contributed by atoms with Gasteiger partial charge in [-0.3, -0.25) is 4.79 Å². The van der Waals surface area contributed by atoms with Crippen LogP contribution in [0.3, 0.4) is 0 Å². The summed E-state index contributed by atoms with van der Waals surface area (Å²) in [5.41, 5.74) is 0. The van der Waals surface area contributed by atoms with E-state index in [1.54, 1.807) is 0 Å². The van der Waals surface area contributed by atoms with Crippen molar-refractivity contribution in [3.05, 3.63) is 0 Å². The number of sulfone groups is 1. The second-order valence-electron chi connectivity index (χ2n) is 5.20. The van der Waals surface area contributed by atoms with Gasteiger partial charge < -0.3 is 15.2 Å². The molecule has 0 aromatic heterocycles. The number of carboxylic acids is 1. The molecule has 0 radical (unpaired) electrons. The molecular weight excluding hydrogens is 286 g/mol. The smallest absolute Gasteiger partial charge is 0.407 e. The number of hydrogen-bond donors (Lipinski definition) is 2. The molecule has 20 heavy (non-hydrogen) atoms. The molecule has 0 heterocycles. The Balaban J connectivity index is 2.15. The van der Waals surface area contributed by atoms with Crippen molar-refractivity contribution in [2.24, 2.45) is 11.8 Å². The summed E-state index contributed by atoms with van der Waals surface area (Å²) >= 11 is 0. The molecule has 0 aromatic carbocycles. The predicted molar refractivity (Wildman–Crippen MR) is 72.1 cm³/mol. The van der Waals surface area contributed by atoms with E-state index >= 15 is 0 Å². The molecule has 0 saturated heterocycles. The first-order valence-corrected chi connectivity index (χ1v) is 8.65. The summed E-state index contributed by atoms with van der Waals surface area (Å²) in [5.74, 6) is -0.956. The second kappa shape index (κ2) is 7.47. The van der Waals surface area contributed by atoms with Crippen LogP contribution in [0.4, 0.5) is 4.79 Å². The van der Waals surface area contributed by atoms with Crippen molar-refractivity contribution in [1.29, 1.82) is 0 Å². The first-order chi connectivity index (χ1) is 9.28. The van der Waals surface area contributed by atoms with Crippen LogP contribution in [0, 0.1) is 11.8 Å². The van der Waals surface area contributed by atoms with E-state index in [0.717, 1.165) is 19.1 Å². The van der Waals surface area contributed by atoms with Gasteiger partial charge in [0, 0.05) is 12.8 Å².